The van der Waals surface area contributed by atoms with Gasteiger partial charge in [0.2, 0.25) is 5.91 Å². The van der Waals surface area contributed by atoms with E-state index in [1.54, 1.807) is 27.8 Å². The fraction of sp³-hybridized carbons (Fsp3) is 0.389. The van der Waals surface area contributed by atoms with Crippen LogP contribution in [0.3, 0.4) is 0 Å². The van der Waals surface area contributed by atoms with E-state index < -0.39 is 11.9 Å². The molecule has 2 heterocycles. The fourth-order valence-electron chi connectivity index (χ4n) is 3.38. The number of fused-ring (bicyclic) bond motifs is 1. The maximum atomic E-state index is 12.6. The molecule has 2 atom stereocenters. The first-order valence-electron chi connectivity index (χ1n) is 8.04. The van der Waals surface area contributed by atoms with Crippen LogP contribution in [0.2, 0.25) is 0 Å². The van der Waals surface area contributed by atoms with Gasteiger partial charge in [-0.05, 0) is 24.5 Å². The number of hydrogen-bond donors (Lipinski definition) is 1. The Morgan fingerprint density at radius 2 is 1.96 bits per heavy atom. The Hall–Kier alpha value is -2.63. The van der Waals surface area contributed by atoms with E-state index in [0.717, 1.165) is 0 Å². The van der Waals surface area contributed by atoms with Crippen molar-refractivity contribution in [1.82, 2.24) is 9.47 Å². The molecule has 2 unspecified atom stereocenters. The molecule has 2 aromatic rings. The number of carboxylic acids is 1. The smallest absolute Gasteiger partial charge is 0.308 e. The second kappa shape index (κ2) is 6.47. The van der Waals surface area contributed by atoms with E-state index in [2.05, 4.69) is 0 Å². The number of pyridine rings is 1. The Labute approximate surface area is 139 Å². The quantitative estimate of drug-likeness (QED) is 0.927. The van der Waals surface area contributed by atoms with Gasteiger partial charge in [-0.1, -0.05) is 19.1 Å². The first-order valence-corrected chi connectivity index (χ1v) is 8.04. The highest BCUT2D eigenvalue weighted by molar-refractivity contribution is 5.82. The Morgan fingerprint density at radius 3 is 2.71 bits per heavy atom. The molecule has 24 heavy (non-hydrogen) atoms. The van der Waals surface area contributed by atoms with Crippen LogP contribution in [0.4, 0.5) is 0 Å². The molecule has 1 saturated heterocycles. The number of piperidine rings is 1. The number of carboxylic acid groups (broad SMARTS) is 1. The number of rotatable bonds is 3. The molecule has 0 saturated carbocycles. The lowest BCUT2D eigenvalue weighted by molar-refractivity contribution is -0.147. The Morgan fingerprint density at radius 1 is 1.21 bits per heavy atom. The number of amides is 1. The maximum absolute atomic E-state index is 12.6. The van der Waals surface area contributed by atoms with E-state index in [0.29, 0.717) is 23.9 Å². The average Bonchev–Trinajstić information content (AvgIpc) is 2.57. The van der Waals surface area contributed by atoms with E-state index in [-0.39, 0.29) is 30.3 Å². The molecule has 0 spiro atoms. The summed E-state index contributed by atoms with van der Waals surface area (Å²) in [6.07, 6.45) is 2.21. The zero-order valence-electron chi connectivity index (χ0n) is 13.5. The zero-order valence-corrected chi connectivity index (χ0v) is 13.5. The second-order valence-corrected chi connectivity index (χ2v) is 6.50. The molecular weight excluding hydrogens is 308 g/mol. The van der Waals surface area contributed by atoms with E-state index >= 15 is 0 Å². The van der Waals surface area contributed by atoms with Gasteiger partial charge in [0.15, 0.2) is 5.43 Å². The van der Waals surface area contributed by atoms with Crippen LogP contribution >= 0.6 is 0 Å². The third-order valence-electron chi connectivity index (χ3n) is 4.55. The largest absolute Gasteiger partial charge is 0.481 e. The van der Waals surface area contributed by atoms with Gasteiger partial charge in [0, 0.05) is 30.7 Å². The molecule has 1 N–H and O–H groups in total. The van der Waals surface area contributed by atoms with Gasteiger partial charge in [-0.3, -0.25) is 14.4 Å². The van der Waals surface area contributed by atoms with Crippen LogP contribution in [0.5, 0.6) is 0 Å². The van der Waals surface area contributed by atoms with Crippen molar-refractivity contribution in [3.8, 4) is 0 Å². The zero-order chi connectivity index (χ0) is 17.3. The van der Waals surface area contributed by atoms with E-state index in [1.165, 1.54) is 6.07 Å². The predicted octanol–water partition coefficient (Wildman–Crippen LogP) is 1.57. The monoisotopic (exact) mass is 328 g/mol. The SMILES string of the molecule is CC1CC(C(=O)O)CN(C(=O)Cn2ccc(=O)c3ccccc32)C1. The molecule has 0 radical (unpaired) electrons. The number of likely N-dealkylation sites (tertiary alicyclic amines) is 1. The lowest BCUT2D eigenvalue weighted by Crippen LogP contribution is -2.46. The highest BCUT2D eigenvalue weighted by Crippen LogP contribution is 2.22. The van der Waals surface area contributed by atoms with Crippen molar-refractivity contribution in [2.45, 2.75) is 19.9 Å². The van der Waals surface area contributed by atoms with E-state index in [4.69, 9.17) is 0 Å². The summed E-state index contributed by atoms with van der Waals surface area (Å²) in [5.41, 5.74) is 0.630. The lowest BCUT2D eigenvalue weighted by Gasteiger charge is -2.35. The molecule has 1 amide bonds. The minimum absolute atomic E-state index is 0.0770. The second-order valence-electron chi connectivity index (χ2n) is 6.50. The minimum atomic E-state index is -0.854. The molecule has 1 aliphatic heterocycles. The van der Waals surface area contributed by atoms with E-state index in [9.17, 15) is 19.5 Å². The first kappa shape index (κ1) is 16.2. The molecule has 0 bridgehead atoms. The van der Waals surface area contributed by atoms with Crippen molar-refractivity contribution < 1.29 is 14.7 Å². The standard InChI is InChI=1S/C18H20N2O4/c1-12-8-13(18(23)24)10-20(9-12)17(22)11-19-7-6-16(21)14-4-2-3-5-15(14)19/h2-7,12-13H,8-11H2,1H3,(H,23,24). The van der Waals surface area contributed by atoms with Crippen LogP contribution < -0.4 is 5.43 Å². The molecule has 1 fully saturated rings. The van der Waals surface area contributed by atoms with E-state index in [1.807, 2.05) is 19.1 Å². The van der Waals surface area contributed by atoms with Crippen LogP contribution in [0.1, 0.15) is 13.3 Å². The van der Waals surface area contributed by atoms with Crippen LogP contribution in [-0.4, -0.2) is 39.5 Å². The van der Waals surface area contributed by atoms with Gasteiger partial charge in [-0.2, -0.15) is 0 Å². The number of carbonyl (C=O) groups is 2. The molecule has 1 aromatic carbocycles. The van der Waals surface area contributed by atoms with Crippen molar-refractivity contribution in [3.63, 3.8) is 0 Å². The van der Waals surface area contributed by atoms with Crippen LogP contribution in [0.25, 0.3) is 10.9 Å². The van der Waals surface area contributed by atoms with Gasteiger partial charge in [-0.15, -0.1) is 0 Å². The molecule has 1 aromatic heterocycles. The third-order valence-corrected chi connectivity index (χ3v) is 4.55. The molecule has 3 rings (SSSR count). The van der Waals surface area contributed by atoms with Gasteiger partial charge in [0.05, 0.1) is 11.4 Å². The molecule has 6 heteroatoms. The third kappa shape index (κ3) is 3.18. The molecule has 0 aliphatic carbocycles. The number of aromatic nitrogens is 1. The molecule has 126 valence electrons. The molecule has 1 aliphatic rings. The fourth-order valence-corrected chi connectivity index (χ4v) is 3.38. The average molecular weight is 328 g/mol. The minimum Gasteiger partial charge on any atom is -0.481 e. The summed E-state index contributed by atoms with van der Waals surface area (Å²) >= 11 is 0. The number of para-hydroxylation sites is 1. The number of nitrogens with zero attached hydrogens (tertiary/aromatic N) is 2. The summed E-state index contributed by atoms with van der Waals surface area (Å²) in [6.45, 7) is 2.88. The highest BCUT2D eigenvalue weighted by Gasteiger charge is 2.31. The van der Waals surface area contributed by atoms with Gasteiger partial charge in [0.1, 0.15) is 6.54 Å². The Bertz CT molecular complexity index is 842. The van der Waals surface area contributed by atoms with Crippen LogP contribution in [0, 0.1) is 11.8 Å². The normalized spacial score (nSPS) is 21.0. The van der Waals surface area contributed by atoms with Gasteiger partial charge >= 0.3 is 5.97 Å². The summed E-state index contributed by atoms with van der Waals surface area (Å²) in [5, 5.41) is 9.81. The summed E-state index contributed by atoms with van der Waals surface area (Å²) in [7, 11) is 0. The molecular formula is C18H20N2O4. The summed E-state index contributed by atoms with van der Waals surface area (Å²) < 4.78 is 1.74. The van der Waals surface area contributed by atoms with Crippen LogP contribution in [0.15, 0.2) is 41.3 Å². The Balaban J connectivity index is 1.84. The van der Waals surface area contributed by atoms with Crippen molar-refractivity contribution in [1.29, 1.82) is 0 Å². The number of benzene rings is 1. The number of aliphatic carboxylic acids is 1. The lowest BCUT2D eigenvalue weighted by atomic mass is 9.90. The van der Waals surface area contributed by atoms with Gasteiger partial charge in [0.25, 0.3) is 0 Å². The van der Waals surface area contributed by atoms with Crippen LogP contribution in [-0.2, 0) is 16.1 Å². The van der Waals surface area contributed by atoms with Crippen molar-refractivity contribution in [3.05, 3.63) is 46.8 Å². The summed E-state index contributed by atoms with van der Waals surface area (Å²) in [6, 6.07) is 8.62. The number of carbonyl (C=O) groups excluding carboxylic acids is 1. The van der Waals surface area contributed by atoms with Crippen molar-refractivity contribution in [2.24, 2.45) is 11.8 Å². The van der Waals surface area contributed by atoms with Crippen molar-refractivity contribution >= 4 is 22.8 Å². The Kier molecular flexibility index (Phi) is 4.38. The summed E-state index contributed by atoms with van der Waals surface area (Å²) in [5.74, 6) is -1.33. The van der Waals surface area contributed by atoms with Gasteiger partial charge in [-0.25, -0.2) is 0 Å². The molecule has 6 nitrogen and oxygen atoms in total. The van der Waals surface area contributed by atoms with Crippen molar-refractivity contribution in [2.75, 3.05) is 13.1 Å². The number of hydrogen-bond acceptors (Lipinski definition) is 3. The highest BCUT2D eigenvalue weighted by atomic mass is 16.4. The first-order chi connectivity index (χ1) is 11.5. The topological polar surface area (TPSA) is 79.6 Å². The summed E-state index contributed by atoms with van der Waals surface area (Å²) in [4.78, 5) is 37.4. The predicted molar refractivity (Wildman–Crippen MR) is 89.7 cm³/mol. The maximum Gasteiger partial charge on any atom is 0.308 e. The van der Waals surface area contributed by atoms with Gasteiger partial charge < -0.3 is 14.6 Å².